The van der Waals surface area contributed by atoms with Gasteiger partial charge in [0.05, 0.1) is 30.0 Å². The minimum Gasteiger partial charge on any atom is -0.511 e. The predicted molar refractivity (Wildman–Crippen MR) is 132 cm³/mol. The van der Waals surface area contributed by atoms with E-state index in [-0.39, 0.29) is 59.5 Å². The number of nitrogens with one attached hydrogen (secondary N) is 1. The van der Waals surface area contributed by atoms with Gasteiger partial charge in [-0.2, -0.15) is 0 Å². The molecule has 1 aromatic carbocycles. The number of rotatable bonds is 10. The Morgan fingerprint density at radius 1 is 1.14 bits per heavy atom. The molecule has 0 fully saturated rings. The highest BCUT2D eigenvalue weighted by Crippen LogP contribution is 2.42. The number of hydrogen-bond donors (Lipinski definition) is 4. The molecule has 2 aliphatic carbocycles. The third-order valence-electron chi connectivity index (χ3n) is 7.09. The maximum atomic E-state index is 13.1. The number of carbonyl (C=O) groups is 4. The molecule has 4 unspecified atom stereocenters. The number of fused-ring (bicyclic) bond motifs is 1. The second-order valence-electron chi connectivity index (χ2n) is 9.66. The lowest BCUT2D eigenvalue weighted by Gasteiger charge is -2.34. The van der Waals surface area contributed by atoms with Gasteiger partial charge in [0.2, 0.25) is 0 Å². The van der Waals surface area contributed by atoms with Crippen molar-refractivity contribution in [3.63, 3.8) is 0 Å². The highest BCUT2D eigenvalue weighted by atomic mass is 16.5. The maximum absolute atomic E-state index is 13.1. The Bertz CT molecular complexity index is 1080. The normalized spacial score (nSPS) is 22.7. The van der Waals surface area contributed by atoms with E-state index < -0.39 is 42.0 Å². The number of hydrogen-bond acceptors (Lipinski definition) is 9. The number of benzene rings is 1. The van der Waals surface area contributed by atoms with E-state index in [2.05, 4.69) is 5.32 Å². The van der Waals surface area contributed by atoms with Crippen molar-refractivity contribution in [2.45, 2.75) is 65.3 Å². The van der Waals surface area contributed by atoms with Crippen LogP contribution in [0.15, 0.2) is 23.5 Å². The van der Waals surface area contributed by atoms with Crippen LogP contribution in [0, 0.1) is 17.8 Å². The molecule has 9 nitrogen and oxygen atoms in total. The second-order valence-corrected chi connectivity index (χ2v) is 9.66. The summed E-state index contributed by atoms with van der Waals surface area (Å²) in [5.41, 5.74) is 0.923. The van der Waals surface area contributed by atoms with Crippen LogP contribution in [0.3, 0.4) is 0 Å². The van der Waals surface area contributed by atoms with E-state index in [0.717, 1.165) is 6.42 Å². The smallest absolute Gasteiger partial charge is 0.328 e. The van der Waals surface area contributed by atoms with Gasteiger partial charge in [0.15, 0.2) is 17.3 Å². The lowest BCUT2D eigenvalue weighted by Crippen LogP contribution is -2.37. The Balaban J connectivity index is 1.79. The third kappa shape index (κ3) is 5.61. The van der Waals surface area contributed by atoms with Gasteiger partial charge in [-0.05, 0) is 56.6 Å². The maximum Gasteiger partial charge on any atom is 0.328 e. The average molecular weight is 502 g/mol. The van der Waals surface area contributed by atoms with Crippen LogP contribution in [0.25, 0.3) is 0 Å². The first-order chi connectivity index (χ1) is 17.1. The summed E-state index contributed by atoms with van der Waals surface area (Å²) in [6.07, 6.45) is 2.32. The molecule has 3 rings (SSSR count). The Morgan fingerprint density at radius 2 is 1.86 bits per heavy atom. The highest BCUT2D eigenvalue weighted by Gasteiger charge is 2.41. The number of ketones is 3. The zero-order valence-electron chi connectivity index (χ0n) is 21.0. The number of aliphatic hydroxyl groups excluding tert-OH is 2. The summed E-state index contributed by atoms with van der Waals surface area (Å²) in [6.45, 7) is 4.66. The van der Waals surface area contributed by atoms with E-state index in [0.29, 0.717) is 24.8 Å². The van der Waals surface area contributed by atoms with E-state index >= 15 is 0 Å². The van der Waals surface area contributed by atoms with Crippen molar-refractivity contribution in [1.29, 1.82) is 0 Å². The quantitative estimate of drug-likeness (QED) is 0.215. The van der Waals surface area contributed by atoms with Crippen molar-refractivity contribution in [3.8, 4) is 5.75 Å². The second kappa shape index (κ2) is 11.7. The molecule has 0 heterocycles. The molecule has 2 aliphatic rings. The molecule has 0 spiro atoms. The van der Waals surface area contributed by atoms with E-state index in [4.69, 9.17) is 4.74 Å². The summed E-state index contributed by atoms with van der Waals surface area (Å²) in [7, 11) is 0. The monoisotopic (exact) mass is 501 g/mol. The summed E-state index contributed by atoms with van der Waals surface area (Å²) in [5.74, 6) is -3.60. The number of esters is 1. The van der Waals surface area contributed by atoms with Crippen molar-refractivity contribution < 1.29 is 39.2 Å². The minimum atomic E-state index is -0.811. The van der Waals surface area contributed by atoms with Gasteiger partial charge in [0, 0.05) is 18.8 Å². The summed E-state index contributed by atoms with van der Waals surface area (Å²) >= 11 is 0. The number of phenols is 1. The molecule has 9 heteroatoms. The van der Waals surface area contributed by atoms with Gasteiger partial charge in [-0.25, -0.2) is 4.79 Å². The Kier molecular flexibility index (Phi) is 8.89. The van der Waals surface area contributed by atoms with Gasteiger partial charge in [-0.15, -0.1) is 0 Å². The molecular formula is C27H35NO8. The number of aromatic hydroxyl groups is 1. The van der Waals surface area contributed by atoms with Crippen molar-refractivity contribution in [2.75, 3.05) is 18.5 Å². The number of ether oxygens (including phenoxy) is 1. The van der Waals surface area contributed by atoms with Gasteiger partial charge in [0.25, 0.3) is 0 Å². The lowest BCUT2D eigenvalue weighted by molar-refractivity contribution is -0.144. The van der Waals surface area contributed by atoms with Crippen LogP contribution in [0.4, 0.5) is 5.69 Å². The number of carbonyl (C=O) groups excluding carboxylic acids is 4. The van der Waals surface area contributed by atoms with E-state index in [1.165, 1.54) is 6.92 Å². The van der Waals surface area contributed by atoms with E-state index in [1.807, 2.05) is 6.92 Å². The molecule has 4 atom stereocenters. The average Bonchev–Trinajstić information content (AvgIpc) is 2.80. The Hall–Kier alpha value is -3.20. The first kappa shape index (κ1) is 27.4. The fourth-order valence-corrected chi connectivity index (χ4v) is 5.43. The largest absolute Gasteiger partial charge is 0.511 e. The number of phenolic OH excluding ortho intramolecular Hbond substituents is 1. The van der Waals surface area contributed by atoms with Gasteiger partial charge < -0.3 is 25.4 Å². The van der Waals surface area contributed by atoms with Crippen molar-refractivity contribution in [2.24, 2.45) is 17.8 Å². The third-order valence-corrected chi connectivity index (χ3v) is 7.09. The molecule has 196 valence electrons. The number of aliphatic hydroxyl groups is 2. The number of allylic oxidation sites excluding steroid dienone is 2. The summed E-state index contributed by atoms with van der Waals surface area (Å²) in [6, 6.07) is 2.74. The zero-order valence-corrected chi connectivity index (χ0v) is 21.0. The number of anilines is 1. The molecule has 36 heavy (non-hydrogen) atoms. The van der Waals surface area contributed by atoms with Crippen molar-refractivity contribution in [1.82, 2.24) is 0 Å². The van der Waals surface area contributed by atoms with Gasteiger partial charge in [-0.1, -0.05) is 19.4 Å². The topological polar surface area (TPSA) is 150 Å². The first-order valence-corrected chi connectivity index (χ1v) is 12.5. The van der Waals surface area contributed by atoms with Crippen LogP contribution in [0.5, 0.6) is 5.75 Å². The number of Topliss-reactive ketones (excluding diaryl/α,β-unsaturated/α-hetero) is 3. The SMILES string of the molecule is CCCC(Nc1ccc2c(c1O)C(=O)CC(CC1CC(O)=C(C(C)=O)C(=O)C1CO)C2)C(=O)OCC. The molecule has 0 saturated carbocycles. The molecule has 1 aromatic rings. The Labute approximate surface area is 210 Å². The molecule has 0 bridgehead atoms. The standard InChI is InChI=1S/C27H35NO8/c1-4-6-20(27(35)36-5-2)28-19-8-7-16-9-15(11-21(31)24(16)26(19)34)10-17-12-22(32)23(14(3)30)25(33)18(17)13-29/h7-8,15,17-18,20,28-29,32,34H,4-6,9-13H2,1-3H3. The fourth-order valence-electron chi connectivity index (χ4n) is 5.43. The summed E-state index contributed by atoms with van der Waals surface area (Å²) < 4.78 is 5.11. The van der Waals surface area contributed by atoms with Crippen LogP contribution in [-0.2, 0) is 25.5 Å². The molecule has 4 N–H and O–H groups in total. The predicted octanol–water partition coefficient (Wildman–Crippen LogP) is 3.27. The van der Waals surface area contributed by atoms with Crippen LogP contribution < -0.4 is 5.32 Å². The van der Waals surface area contributed by atoms with Gasteiger partial charge in [-0.3, -0.25) is 14.4 Å². The molecule has 0 amide bonds. The summed E-state index contributed by atoms with van der Waals surface area (Å²) in [5, 5.41) is 34.0. The lowest BCUT2D eigenvalue weighted by atomic mass is 9.70. The summed E-state index contributed by atoms with van der Waals surface area (Å²) in [4.78, 5) is 49.8. The zero-order chi connectivity index (χ0) is 26.6. The molecule has 0 aromatic heterocycles. The first-order valence-electron chi connectivity index (χ1n) is 12.5. The van der Waals surface area contributed by atoms with Gasteiger partial charge >= 0.3 is 5.97 Å². The Morgan fingerprint density at radius 3 is 2.47 bits per heavy atom. The van der Waals surface area contributed by atoms with Crippen molar-refractivity contribution in [3.05, 3.63) is 34.6 Å². The van der Waals surface area contributed by atoms with E-state index in [1.54, 1.807) is 19.1 Å². The van der Waals surface area contributed by atoms with Crippen LogP contribution in [-0.4, -0.2) is 57.9 Å². The molecule has 0 radical (unpaired) electrons. The highest BCUT2D eigenvalue weighted by molar-refractivity contribution is 6.21. The van der Waals surface area contributed by atoms with Crippen LogP contribution in [0.2, 0.25) is 0 Å². The molecule has 0 saturated heterocycles. The van der Waals surface area contributed by atoms with Crippen LogP contribution in [0.1, 0.15) is 68.8 Å². The molecular weight excluding hydrogens is 466 g/mol. The van der Waals surface area contributed by atoms with Gasteiger partial charge in [0.1, 0.15) is 17.6 Å². The fraction of sp³-hybridized carbons (Fsp3) is 0.556. The van der Waals surface area contributed by atoms with Crippen LogP contribution >= 0.6 is 0 Å². The molecule has 0 aliphatic heterocycles. The van der Waals surface area contributed by atoms with E-state index in [9.17, 15) is 34.5 Å². The van der Waals surface area contributed by atoms with Crippen molar-refractivity contribution >= 4 is 29.0 Å². The minimum absolute atomic E-state index is 0.0875.